The molecule has 1 aliphatic heterocycles. The zero-order valence-electron chi connectivity index (χ0n) is 8.59. The van der Waals surface area contributed by atoms with Crippen LogP contribution in [-0.2, 0) is 4.74 Å². The lowest BCUT2D eigenvalue weighted by Crippen LogP contribution is -2.51. The van der Waals surface area contributed by atoms with Crippen molar-refractivity contribution in [2.45, 2.75) is 32.2 Å². The summed E-state index contributed by atoms with van der Waals surface area (Å²) in [4.78, 5) is 12.6. The molecule has 1 saturated heterocycles. The molecule has 0 aromatic heterocycles. The van der Waals surface area contributed by atoms with Crippen LogP contribution in [0, 0.1) is 0 Å². The largest absolute Gasteiger partial charge is 0.544 e. The van der Waals surface area contributed by atoms with Crippen molar-refractivity contribution in [3.63, 3.8) is 0 Å². The van der Waals surface area contributed by atoms with E-state index in [1.807, 2.05) is 0 Å². The number of hydrogen-bond acceptors (Lipinski definition) is 2. The van der Waals surface area contributed by atoms with Crippen LogP contribution >= 0.6 is 0 Å². The molecule has 6 heteroatoms. The fourth-order valence-electron chi connectivity index (χ4n) is 1.15. The van der Waals surface area contributed by atoms with E-state index in [0.717, 1.165) is 0 Å². The molecule has 0 radical (unpaired) electrons. The smallest absolute Gasteiger partial charge is 0.444 e. The molecule has 1 rings (SSSR count). The molecule has 0 saturated carbocycles. The quantitative estimate of drug-likeness (QED) is 0.613. The molecule has 1 aliphatic rings. The van der Waals surface area contributed by atoms with Gasteiger partial charge in [0.1, 0.15) is 5.60 Å². The highest BCUT2D eigenvalue weighted by atomic mass is 19.2. The summed E-state index contributed by atoms with van der Waals surface area (Å²) in [5, 5.41) is 0. The van der Waals surface area contributed by atoms with Crippen LogP contribution in [0.25, 0.3) is 0 Å². The van der Waals surface area contributed by atoms with E-state index in [0.29, 0.717) is 0 Å². The highest BCUT2D eigenvalue weighted by Crippen LogP contribution is 2.27. The molecular weight excluding hydrogens is 191 g/mol. The average molecular weight is 205 g/mol. The molecule has 0 aromatic rings. The predicted molar refractivity (Wildman–Crippen MR) is 49.5 cm³/mol. The molecule has 1 fully saturated rings. The first-order valence-electron chi connectivity index (χ1n) is 4.55. The normalized spacial score (nSPS) is 17.6. The van der Waals surface area contributed by atoms with Crippen molar-refractivity contribution in [3.05, 3.63) is 0 Å². The summed E-state index contributed by atoms with van der Waals surface area (Å²) < 4.78 is 29.2. The third kappa shape index (κ3) is 2.85. The molecule has 0 N–H and O–H groups in total. The number of halogens is 2. The van der Waals surface area contributed by atoms with E-state index < -0.39 is 24.8 Å². The van der Waals surface area contributed by atoms with E-state index in [2.05, 4.69) is 0 Å². The van der Waals surface area contributed by atoms with Gasteiger partial charge in [0.25, 0.3) is 0 Å². The van der Waals surface area contributed by atoms with E-state index in [9.17, 15) is 13.4 Å². The van der Waals surface area contributed by atoms with E-state index in [1.54, 1.807) is 20.8 Å². The zero-order chi connectivity index (χ0) is 10.9. The number of ether oxygens (including phenoxy) is 1. The number of likely N-dealkylation sites (tertiary alicyclic amines) is 1. The van der Waals surface area contributed by atoms with Gasteiger partial charge >= 0.3 is 13.4 Å². The SMILES string of the molecule is CC(C)(C)OC(=O)N1CC(B(F)F)C1. The van der Waals surface area contributed by atoms with Crippen molar-refractivity contribution in [2.24, 2.45) is 0 Å². The van der Waals surface area contributed by atoms with Crippen LogP contribution in [0.5, 0.6) is 0 Å². The number of amides is 1. The van der Waals surface area contributed by atoms with E-state index >= 15 is 0 Å². The molecule has 0 atom stereocenters. The number of carbonyl (C=O) groups excluding carboxylic acids is 1. The van der Waals surface area contributed by atoms with Crippen molar-refractivity contribution >= 4 is 13.4 Å². The summed E-state index contributed by atoms with van der Waals surface area (Å²) in [6.07, 6.45) is -0.505. The Labute approximate surface area is 82.6 Å². The van der Waals surface area contributed by atoms with Crippen molar-refractivity contribution in [1.29, 1.82) is 0 Å². The number of rotatable bonds is 1. The van der Waals surface area contributed by atoms with E-state index in [1.165, 1.54) is 4.90 Å². The summed E-state index contributed by atoms with van der Waals surface area (Å²) in [6, 6.07) is 0. The van der Waals surface area contributed by atoms with Gasteiger partial charge in [-0.15, -0.1) is 0 Å². The summed E-state index contributed by atoms with van der Waals surface area (Å²) in [7, 11) is -2.34. The van der Waals surface area contributed by atoms with E-state index in [4.69, 9.17) is 4.74 Å². The Hall–Kier alpha value is -0.805. The van der Waals surface area contributed by atoms with Crippen molar-refractivity contribution in [1.82, 2.24) is 4.90 Å². The minimum atomic E-state index is -2.34. The monoisotopic (exact) mass is 205 g/mol. The van der Waals surface area contributed by atoms with Gasteiger partial charge < -0.3 is 9.64 Å². The highest BCUT2D eigenvalue weighted by Gasteiger charge is 2.42. The average Bonchev–Trinajstić information content (AvgIpc) is 1.75. The molecule has 1 amide bonds. The fourth-order valence-corrected chi connectivity index (χ4v) is 1.15. The second-order valence-corrected chi connectivity index (χ2v) is 4.48. The van der Waals surface area contributed by atoms with Crippen LogP contribution in [0.15, 0.2) is 0 Å². The van der Waals surface area contributed by atoms with Gasteiger partial charge in [0.2, 0.25) is 0 Å². The van der Waals surface area contributed by atoms with Crippen LogP contribution in [0.1, 0.15) is 20.8 Å². The Morgan fingerprint density at radius 2 is 1.93 bits per heavy atom. The van der Waals surface area contributed by atoms with Gasteiger partial charge in [-0.2, -0.15) is 0 Å². The Kier molecular flexibility index (Phi) is 3.02. The summed E-state index contributed by atoms with van der Waals surface area (Å²) >= 11 is 0. The van der Waals surface area contributed by atoms with Crippen molar-refractivity contribution < 1.29 is 18.2 Å². The second-order valence-electron chi connectivity index (χ2n) is 4.48. The molecule has 0 aliphatic carbocycles. The fraction of sp³-hybridized carbons (Fsp3) is 0.875. The topological polar surface area (TPSA) is 29.5 Å². The van der Waals surface area contributed by atoms with Gasteiger partial charge in [0, 0.05) is 18.9 Å². The van der Waals surface area contributed by atoms with Crippen LogP contribution in [-0.4, -0.2) is 37.0 Å². The third-order valence-corrected chi connectivity index (χ3v) is 1.92. The first-order valence-corrected chi connectivity index (χ1v) is 4.55. The van der Waals surface area contributed by atoms with Crippen molar-refractivity contribution in [2.75, 3.05) is 13.1 Å². The Morgan fingerprint density at radius 3 is 2.29 bits per heavy atom. The second kappa shape index (κ2) is 3.75. The van der Waals surface area contributed by atoms with Gasteiger partial charge in [-0.05, 0) is 20.8 Å². The summed E-state index contributed by atoms with van der Waals surface area (Å²) in [5.41, 5.74) is -0.562. The van der Waals surface area contributed by atoms with Crippen LogP contribution in [0.4, 0.5) is 13.4 Å². The minimum Gasteiger partial charge on any atom is -0.444 e. The Morgan fingerprint density at radius 1 is 1.43 bits per heavy atom. The molecule has 14 heavy (non-hydrogen) atoms. The lowest BCUT2D eigenvalue weighted by Gasteiger charge is -2.38. The van der Waals surface area contributed by atoms with Gasteiger partial charge in [-0.3, -0.25) is 8.63 Å². The van der Waals surface area contributed by atoms with Gasteiger partial charge in [-0.1, -0.05) is 0 Å². The lowest BCUT2D eigenvalue weighted by molar-refractivity contribution is 0.0120. The van der Waals surface area contributed by atoms with Crippen LogP contribution in [0.3, 0.4) is 0 Å². The van der Waals surface area contributed by atoms with Crippen molar-refractivity contribution in [3.8, 4) is 0 Å². The molecule has 0 aromatic carbocycles. The zero-order valence-corrected chi connectivity index (χ0v) is 8.59. The third-order valence-electron chi connectivity index (χ3n) is 1.92. The molecule has 0 unspecified atom stereocenters. The van der Waals surface area contributed by atoms with E-state index in [-0.39, 0.29) is 13.1 Å². The molecule has 0 spiro atoms. The Balaban J connectivity index is 2.30. The molecule has 3 nitrogen and oxygen atoms in total. The Bertz CT molecular complexity index is 224. The molecule has 1 heterocycles. The molecule has 80 valence electrons. The molecule has 0 bridgehead atoms. The van der Waals surface area contributed by atoms with Gasteiger partial charge in [0.05, 0.1) is 0 Å². The number of hydrogen-bond donors (Lipinski definition) is 0. The molecular formula is C8H14BF2NO2. The first kappa shape index (κ1) is 11.3. The highest BCUT2D eigenvalue weighted by molar-refractivity contribution is 6.45. The maximum Gasteiger partial charge on any atom is 0.544 e. The number of nitrogens with zero attached hydrogens (tertiary/aromatic N) is 1. The maximum absolute atomic E-state index is 12.1. The minimum absolute atomic E-state index is 0.104. The van der Waals surface area contributed by atoms with Crippen LogP contribution < -0.4 is 0 Å². The predicted octanol–water partition coefficient (Wildman–Crippen LogP) is 2.03. The summed E-state index contributed by atoms with van der Waals surface area (Å²) in [5.74, 6) is -0.678. The van der Waals surface area contributed by atoms with Gasteiger partial charge in [-0.25, -0.2) is 4.79 Å². The standard InChI is InChI=1S/C8H14BF2NO2/c1-8(2,3)14-7(13)12-4-6(5-12)9(10)11/h6H,4-5H2,1-3H3. The number of carbonyl (C=O) groups is 1. The van der Waals surface area contributed by atoms with Gasteiger partial charge in [0.15, 0.2) is 0 Å². The maximum atomic E-state index is 12.1. The van der Waals surface area contributed by atoms with Crippen LogP contribution in [0.2, 0.25) is 5.82 Å². The summed E-state index contributed by atoms with van der Waals surface area (Å²) in [6.45, 7) is 5.44. The first-order chi connectivity index (χ1) is 6.29. The lowest BCUT2D eigenvalue weighted by atomic mass is 9.73.